The Balaban J connectivity index is 1.73. The van der Waals surface area contributed by atoms with Crippen LogP contribution in [0.1, 0.15) is 28.0 Å². The van der Waals surface area contributed by atoms with Crippen molar-refractivity contribution in [1.29, 1.82) is 0 Å². The molecule has 0 spiro atoms. The molecule has 0 bridgehead atoms. The Bertz CT molecular complexity index is 795. The Morgan fingerprint density at radius 1 is 1.19 bits per heavy atom. The van der Waals surface area contributed by atoms with Crippen LogP contribution >= 0.6 is 11.7 Å². The van der Waals surface area contributed by atoms with Crippen LogP contribution in [0.2, 0.25) is 0 Å². The van der Waals surface area contributed by atoms with Gasteiger partial charge in [-0.15, -0.1) is 0 Å². The summed E-state index contributed by atoms with van der Waals surface area (Å²) < 4.78 is 47.1. The number of carbonyl (C=O) groups is 2. The molecule has 2 aromatic rings. The lowest BCUT2D eigenvalue weighted by molar-refractivity contribution is -0.139. The van der Waals surface area contributed by atoms with Crippen LogP contribution in [0.3, 0.4) is 0 Å². The number of aromatic nitrogens is 2. The minimum atomic E-state index is -4.48. The topological polar surface area (TPSA) is 66.4 Å². The molecule has 2 amide bonds. The van der Waals surface area contributed by atoms with Gasteiger partial charge in [0, 0.05) is 32.6 Å². The molecule has 1 aliphatic heterocycles. The molecule has 1 aromatic heterocycles. The van der Waals surface area contributed by atoms with Crippen molar-refractivity contribution in [3.05, 3.63) is 47.3 Å². The number of rotatable bonds is 3. The van der Waals surface area contributed by atoms with Gasteiger partial charge in [0.1, 0.15) is 0 Å². The molecule has 0 N–H and O–H groups in total. The summed E-state index contributed by atoms with van der Waals surface area (Å²) in [6.45, 7) is 0.450. The third-order valence-electron chi connectivity index (χ3n) is 4.14. The smallest absolute Gasteiger partial charge is 0.337 e. The van der Waals surface area contributed by atoms with E-state index in [2.05, 4.69) is 8.75 Å². The molecule has 26 heavy (non-hydrogen) atoms. The van der Waals surface area contributed by atoms with Crippen molar-refractivity contribution in [3.63, 3.8) is 0 Å². The average Bonchev–Trinajstić information content (AvgIpc) is 3.07. The van der Waals surface area contributed by atoms with E-state index in [-0.39, 0.29) is 55.7 Å². The predicted octanol–water partition coefficient (Wildman–Crippen LogP) is 2.43. The third-order valence-corrected chi connectivity index (χ3v) is 4.62. The minimum absolute atomic E-state index is 0.0387. The molecule has 1 aromatic carbocycles. The number of hydrogen-bond donors (Lipinski definition) is 0. The van der Waals surface area contributed by atoms with Crippen molar-refractivity contribution in [2.24, 2.45) is 0 Å². The first-order chi connectivity index (χ1) is 12.4. The molecule has 1 saturated heterocycles. The summed E-state index contributed by atoms with van der Waals surface area (Å²) in [6.07, 6.45) is -3.07. The van der Waals surface area contributed by atoms with Crippen LogP contribution < -0.4 is 0 Å². The number of carbonyl (C=O) groups excluding carboxylic acids is 2. The van der Waals surface area contributed by atoms with E-state index in [9.17, 15) is 22.8 Å². The molecule has 0 radical (unpaired) electrons. The van der Waals surface area contributed by atoms with Gasteiger partial charge in [-0.05, 0) is 11.6 Å². The van der Waals surface area contributed by atoms with Gasteiger partial charge in [0.05, 0.1) is 23.5 Å². The summed E-state index contributed by atoms with van der Waals surface area (Å²) in [5.74, 6) is -0.613. The fourth-order valence-corrected chi connectivity index (χ4v) is 3.21. The van der Waals surface area contributed by atoms with Crippen LogP contribution in [0.25, 0.3) is 0 Å². The van der Waals surface area contributed by atoms with Gasteiger partial charge >= 0.3 is 6.18 Å². The first kappa shape index (κ1) is 18.3. The maximum Gasteiger partial charge on any atom is 0.416 e. The van der Waals surface area contributed by atoms with Gasteiger partial charge in [0.15, 0.2) is 5.69 Å². The molecular weight excluding hydrogens is 369 g/mol. The molecule has 0 unspecified atom stereocenters. The van der Waals surface area contributed by atoms with Crippen LogP contribution in [0.4, 0.5) is 13.2 Å². The van der Waals surface area contributed by atoms with Crippen molar-refractivity contribution in [3.8, 4) is 0 Å². The first-order valence-corrected chi connectivity index (χ1v) is 8.59. The predicted molar refractivity (Wildman–Crippen MR) is 87.3 cm³/mol. The Labute approximate surface area is 151 Å². The van der Waals surface area contributed by atoms with Gasteiger partial charge in [-0.3, -0.25) is 9.59 Å². The van der Waals surface area contributed by atoms with Gasteiger partial charge in [0.2, 0.25) is 5.91 Å². The zero-order chi connectivity index (χ0) is 18.7. The molecule has 0 saturated carbocycles. The van der Waals surface area contributed by atoms with E-state index in [1.807, 2.05) is 0 Å². The molecule has 1 aliphatic rings. The van der Waals surface area contributed by atoms with E-state index >= 15 is 0 Å². The Morgan fingerprint density at radius 2 is 1.96 bits per heavy atom. The van der Waals surface area contributed by atoms with Crippen molar-refractivity contribution >= 4 is 23.5 Å². The van der Waals surface area contributed by atoms with E-state index in [1.165, 1.54) is 34.2 Å². The van der Waals surface area contributed by atoms with Crippen molar-refractivity contribution in [1.82, 2.24) is 18.5 Å². The zero-order valence-electron chi connectivity index (χ0n) is 13.6. The molecule has 6 nitrogen and oxygen atoms in total. The maximum absolute atomic E-state index is 13.1. The van der Waals surface area contributed by atoms with Crippen LogP contribution in [0.15, 0.2) is 30.5 Å². The summed E-state index contributed by atoms with van der Waals surface area (Å²) in [5.41, 5.74) is -0.506. The average molecular weight is 384 g/mol. The Morgan fingerprint density at radius 3 is 2.65 bits per heavy atom. The van der Waals surface area contributed by atoms with Gasteiger partial charge in [-0.2, -0.15) is 21.9 Å². The van der Waals surface area contributed by atoms with Gasteiger partial charge in [-0.25, -0.2) is 0 Å². The van der Waals surface area contributed by atoms with Gasteiger partial charge in [0.25, 0.3) is 5.91 Å². The second-order valence-corrected chi connectivity index (χ2v) is 6.36. The van der Waals surface area contributed by atoms with E-state index in [1.54, 1.807) is 0 Å². The SMILES string of the molecule is O=C1CCN(C(=O)c2cnsn2)CCN1Cc1ccccc1C(F)(F)F. The molecule has 3 rings (SSSR count). The molecule has 138 valence electrons. The summed E-state index contributed by atoms with van der Waals surface area (Å²) >= 11 is 0.912. The van der Waals surface area contributed by atoms with E-state index < -0.39 is 11.7 Å². The van der Waals surface area contributed by atoms with Crippen molar-refractivity contribution in [2.75, 3.05) is 19.6 Å². The highest BCUT2D eigenvalue weighted by molar-refractivity contribution is 6.99. The summed E-state index contributed by atoms with van der Waals surface area (Å²) in [4.78, 5) is 27.5. The van der Waals surface area contributed by atoms with Crippen LogP contribution in [-0.4, -0.2) is 50.0 Å². The fourth-order valence-electron chi connectivity index (χ4n) is 2.80. The van der Waals surface area contributed by atoms with Gasteiger partial charge < -0.3 is 9.80 Å². The molecular formula is C16H15F3N4O2S. The number of amides is 2. The lowest BCUT2D eigenvalue weighted by Gasteiger charge is -2.23. The first-order valence-electron chi connectivity index (χ1n) is 7.86. The summed E-state index contributed by atoms with van der Waals surface area (Å²) in [7, 11) is 0. The number of halogens is 3. The molecule has 0 atom stereocenters. The lowest BCUT2D eigenvalue weighted by Crippen LogP contribution is -2.36. The summed E-state index contributed by atoms with van der Waals surface area (Å²) in [6, 6.07) is 5.20. The van der Waals surface area contributed by atoms with Gasteiger partial charge in [-0.1, -0.05) is 18.2 Å². The quantitative estimate of drug-likeness (QED) is 0.815. The second-order valence-electron chi connectivity index (χ2n) is 5.81. The normalized spacial score (nSPS) is 15.9. The van der Waals surface area contributed by atoms with Crippen molar-refractivity contribution in [2.45, 2.75) is 19.1 Å². The van der Waals surface area contributed by atoms with Crippen LogP contribution in [0.5, 0.6) is 0 Å². The highest BCUT2D eigenvalue weighted by atomic mass is 32.1. The molecule has 0 aliphatic carbocycles. The van der Waals surface area contributed by atoms with E-state index in [0.29, 0.717) is 0 Å². The number of hydrogen-bond acceptors (Lipinski definition) is 5. The fraction of sp³-hybridized carbons (Fsp3) is 0.375. The summed E-state index contributed by atoms with van der Waals surface area (Å²) in [5, 5.41) is 0. The standard InChI is InChI=1S/C16H15F3N4O2S/c17-16(18,19)12-4-2-1-3-11(12)10-23-8-7-22(6-5-14(23)24)15(25)13-9-20-26-21-13/h1-4,9H,5-8,10H2. The minimum Gasteiger partial charge on any atom is -0.337 e. The highest BCUT2D eigenvalue weighted by Crippen LogP contribution is 2.32. The number of alkyl halides is 3. The lowest BCUT2D eigenvalue weighted by atomic mass is 10.1. The highest BCUT2D eigenvalue weighted by Gasteiger charge is 2.34. The second kappa shape index (κ2) is 7.40. The molecule has 10 heteroatoms. The largest absolute Gasteiger partial charge is 0.416 e. The van der Waals surface area contributed by atoms with Crippen LogP contribution in [0, 0.1) is 0 Å². The number of nitrogens with zero attached hydrogens (tertiary/aromatic N) is 4. The zero-order valence-corrected chi connectivity index (χ0v) is 14.4. The van der Waals surface area contributed by atoms with Crippen molar-refractivity contribution < 1.29 is 22.8 Å². The van der Waals surface area contributed by atoms with E-state index in [4.69, 9.17) is 0 Å². The van der Waals surface area contributed by atoms with Crippen LogP contribution in [-0.2, 0) is 17.5 Å². The Hall–Kier alpha value is -2.49. The Kier molecular flexibility index (Phi) is 5.21. The third kappa shape index (κ3) is 4.01. The number of benzene rings is 1. The maximum atomic E-state index is 13.1. The molecule has 1 fully saturated rings. The monoisotopic (exact) mass is 384 g/mol. The van der Waals surface area contributed by atoms with E-state index in [0.717, 1.165) is 17.8 Å². The molecule has 2 heterocycles.